The molecule has 296 valence electrons. The summed E-state index contributed by atoms with van der Waals surface area (Å²) in [6.07, 6.45) is 0. The van der Waals surface area contributed by atoms with Crippen LogP contribution in [0.2, 0.25) is 0 Å². The second-order valence-corrected chi connectivity index (χ2v) is 19.1. The molecule has 0 N–H and O–H groups in total. The molecule has 0 saturated carbocycles. The van der Waals surface area contributed by atoms with Gasteiger partial charge >= 0.3 is 0 Å². The van der Waals surface area contributed by atoms with Gasteiger partial charge in [0.15, 0.2) is 7.14 Å². The fourth-order valence-corrected chi connectivity index (χ4v) is 13.1. The van der Waals surface area contributed by atoms with Crippen LogP contribution in [0.15, 0.2) is 243 Å². The Balaban J connectivity index is 0.985. The lowest BCUT2D eigenvalue weighted by Gasteiger charge is -2.17. The Labute approximate surface area is 367 Å². The van der Waals surface area contributed by atoms with Crippen LogP contribution in [-0.4, -0.2) is 4.57 Å². The van der Waals surface area contributed by atoms with E-state index < -0.39 is 7.14 Å². The van der Waals surface area contributed by atoms with Gasteiger partial charge in [0.2, 0.25) is 0 Å². The minimum absolute atomic E-state index is 0.866. The zero-order chi connectivity index (χ0) is 41.9. The molecule has 2 nitrogen and oxygen atoms in total. The molecule has 2 heterocycles. The second kappa shape index (κ2) is 15.0. The Kier molecular flexibility index (Phi) is 8.81. The summed E-state index contributed by atoms with van der Waals surface area (Å²) >= 11 is 0. The van der Waals surface area contributed by atoms with Gasteiger partial charge in [0.05, 0.1) is 11.0 Å². The number of hydrogen-bond donors (Lipinski definition) is 0. The maximum Gasteiger partial charge on any atom is 0.172 e. The number of para-hydroxylation sites is 1. The van der Waals surface area contributed by atoms with E-state index in [9.17, 15) is 0 Å². The van der Waals surface area contributed by atoms with E-state index in [1.54, 1.807) is 0 Å². The van der Waals surface area contributed by atoms with Gasteiger partial charge in [-0.3, -0.25) is 0 Å². The van der Waals surface area contributed by atoms with Crippen molar-refractivity contribution in [2.24, 2.45) is 0 Å². The third kappa shape index (κ3) is 6.14. The van der Waals surface area contributed by atoms with E-state index >= 15 is 4.57 Å². The standard InChI is InChI=1S/C60H40NOP/c62-63(52-18-8-3-9-19-52)58-23-13-11-20-53(58)54-36-37-57-59(60(54)63)55-21-10-12-22-56(55)61(57)51-34-32-47(33-35-51)50-39-48(45-28-24-43(25-29-45)41-14-4-1-5-15-41)38-49(40-50)46-30-26-44(27-31-46)42-16-6-2-7-17-42/h1-40H. The van der Waals surface area contributed by atoms with Crippen molar-refractivity contribution in [1.82, 2.24) is 4.57 Å². The topological polar surface area (TPSA) is 22.0 Å². The van der Waals surface area contributed by atoms with Crippen molar-refractivity contribution in [3.63, 3.8) is 0 Å². The SMILES string of the molecule is O=P1(c2ccccc2)c2ccccc2-c2ccc3c(c21)c1ccccc1n3-c1ccc(-c2cc(-c3ccc(-c4ccccc4)cc3)cc(-c3ccc(-c4ccccc4)cc3)c2)cc1. The predicted molar refractivity (Wildman–Crippen MR) is 266 cm³/mol. The van der Waals surface area contributed by atoms with E-state index in [2.05, 4.69) is 211 Å². The van der Waals surface area contributed by atoms with Crippen molar-refractivity contribution in [3.8, 4) is 72.4 Å². The van der Waals surface area contributed by atoms with Gasteiger partial charge in [-0.15, -0.1) is 0 Å². The van der Waals surface area contributed by atoms with E-state index in [1.165, 1.54) is 44.5 Å². The molecule has 1 aliphatic rings. The summed E-state index contributed by atoms with van der Waals surface area (Å²) in [5.41, 5.74) is 17.1. The number of rotatable bonds is 7. The normalized spacial score (nSPS) is 14.2. The molecule has 1 unspecified atom stereocenters. The molecule has 11 aromatic rings. The van der Waals surface area contributed by atoms with E-state index in [0.29, 0.717) is 0 Å². The average Bonchev–Trinajstić information content (AvgIpc) is 3.84. The molecule has 3 heteroatoms. The van der Waals surface area contributed by atoms with Gasteiger partial charge in [-0.1, -0.05) is 200 Å². The summed E-state index contributed by atoms with van der Waals surface area (Å²) < 4.78 is 18.2. The van der Waals surface area contributed by atoms with Gasteiger partial charge < -0.3 is 9.13 Å². The fourth-order valence-electron chi connectivity index (χ4n) is 9.77. The maximum absolute atomic E-state index is 15.9. The summed E-state index contributed by atoms with van der Waals surface area (Å²) in [6, 6.07) is 86.1. The first-order valence-corrected chi connectivity index (χ1v) is 23.2. The number of nitrogens with zero attached hydrogens (tertiary/aromatic N) is 1. The molecule has 0 radical (unpaired) electrons. The first-order valence-electron chi connectivity index (χ1n) is 21.5. The van der Waals surface area contributed by atoms with Crippen molar-refractivity contribution in [2.45, 2.75) is 0 Å². The maximum atomic E-state index is 15.9. The number of aromatic nitrogens is 1. The largest absolute Gasteiger partial charge is 0.309 e. The fraction of sp³-hybridized carbons (Fsp3) is 0. The first kappa shape index (κ1) is 37.0. The van der Waals surface area contributed by atoms with E-state index in [0.717, 1.165) is 65.7 Å². The number of hydrogen-bond acceptors (Lipinski definition) is 1. The number of benzene rings is 10. The zero-order valence-electron chi connectivity index (χ0n) is 34.4. The summed E-state index contributed by atoms with van der Waals surface area (Å²) in [5, 5.41) is 4.89. The van der Waals surface area contributed by atoms with Crippen LogP contribution in [0.1, 0.15) is 0 Å². The lowest BCUT2D eigenvalue weighted by molar-refractivity contribution is 0.593. The van der Waals surface area contributed by atoms with Gasteiger partial charge in [-0.05, 0) is 109 Å². The summed E-state index contributed by atoms with van der Waals surface area (Å²) in [7, 11) is -3.19. The minimum Gasteiger partial charge on any atom is -0.309 e. The highest BCUT2D eigenvalue weighted by atomic mass is 31.2. The summed E-state index contributed by atoms with van der Waals surface area (Å²) in [6.45, 7) is 0. The Morgan fingerprint density at radius 3 is 1.30 bits per heavy atom. The van der Waals surface area contributed by atoms with Gasteiger partial charge in [0.1, 0.15) is 0 Å². The van der Waals surface area contributed by atoms with Crippen LogP contribution in [0.4, 0.5) is 0 Å². The lowest BCUT2D eigenvalue weighted by Crippen LogP contribution is -2.21. The Hall–Kier alpha value is -7.77. The average molecular weight is 822 g/mol. The van der Waals surface area contributed by atoms with Crippen molar-refractivity contribution in [1.29, 1.82) is 0 Å². The molecule has 0 aliphatic carbocycles. The van der Waals surface area contributed by atoms with Crippen molar-refractivity contribution in [3.05, 3.63) is 243 Å². The van der Waals surface area contributed by atoms with Crippen LogP contribution in [0.3, 0.4) is 0 Å². The van der Waals surface area contributed by atoms with Crippen LogP contribution >= 0.6 is 7.14 Å². The van der Waals surface area contributed by atoms with Crippen LogP contribution in [0.5, 0.6) is 0 Å². The van der Waals surface area contributed by atoms with Crippen molar-refractivity contribution in [2.75, 3.05) is 0 Å². The Morgan fingerprint density at radius 2 is 0.746 bits per heavy atom. The monoisotopic (exact) mass is 821 g/mol. The molecule has 1 atom stereocenters. The lowest BCUT2D eigenvalue weighted by atomic mass is 9.92. The molecular weight excluding hydrogens is 782 g/mol. The molecule has 63 heavy (non-hydrogen) atoms. The van der Waals surface area contributed by atoms with Crippen LogP contribution < -0.4 is 15.9 Å². The molecule has 0 saturated heterocycles. The highest BCUT2D eigenvalue weighted by molar-refractivity contribution is 7.86. The van der Waals surface area contributed by atoms with Gasteiger partial charge in [0.25, 0.3) is 0 Å². The van der Waals surface area contributed by atoms with Gasteiger partial charge in [0, 0.05) is 32.4 Å². The smallest absolute Gasteiger partial charge is 0.172 e. The van der Waals surface area contributed by atoms with Crippen LogP contribution in [-0.2, 0) is 4.57 Å². The number of fused-ring (bicyclic) bond motifs is 7. The molecule has 10 aromatic carbocycles. The van der Waals surface area contributed by atoms with E-state index in [-0.39, 0.29) is 0 Å². The molecule has 0 spiro atoms. The van der Waals surface area contributed by atoms with Gasteiger partial charge in [-0.2, -0.15) is 0 Å². The Morgan fingerprint density at radius 1 is 0.317 bits per heavy atom. The third-order valence-electron chi connectivity index (χ3n) is 12.8. The zero-order valence-corrected chi connectivity index (χ0v) is 35.3. The summed E-state index contributed by atoms with van der Waals surface area (Å²) in [4.78, 5) is 0. The highest BCUT2D eigenvalue weighted by Crippen LogP contribution is 2.55. The van der Waals surface area contributed by atoms with Gasteiger partial charge in [-0.25, -0.2) is 0 Å². The highest BCUT2D eigenvalue weighted by Gasteiger charge is 2.42. The second-order valence-electron chi connectivity index (χ2n) is 16.4. The van der Waals surface area contributed by atoms with Crippen molar-refractivity contribution >= 4 is 44.9 Å². The molecule has 0 bridgehead atoms. The molecule has 12 rings (SSSR count). The van der Waals surface area contributed by atoms with Crippen LogP contribution in [0.25, 0.3) is 94.3 Å². The molecule has 1 aliphatic heterocycles. The van der Waals surface area contributed by atoms with E-state index in [4.69, 9.17) is 0 Å². The summed E-state index contributed by atoms with van der Waals surface area (Å²) in [5.74, 6) is 0. The predicted octanol–water partition coefficient (Wildman–Crippen LogP) is 14.7. The molecule has 0 fully saturated rings. The third-order valence-corrected chi connectivity index (χ3v) is 16.0. The molecular formula is C60H40NOP. The first-order chi connectivity index (χ1) is 31.1. The van der Waals surface area contributed by atoms with E-state index in [1.807, 2.05) is 36.4 Å². The molecule has 1 aromatic heterocycles. The molecule has 0 amide bonds. The minimum atomic E-state index is -3.19. The Bertz CT molecular complexity index is 3440. The van der Waals surface area contributed by atoms with Crippen molar-refractivity contribution < 1.29 is 4.57 Å². The van der Waals surface area contributed by atoms with Crippen LogP contribution in [0, 0.1) is 0 Å². The quantitative estimate of drug-likeness (QED) is 0.147.